The molecule has 18 heavy (non-hydrogen) atoms. The summed E-state index contributed by atoms with van der Waals surface area (Å²) in [6, 6.07) is 5.96. The molecule has 5 heteroatoms. The van der Waals surface area contributed by atoms with Crippen molar-refractivity contribution in [1.29, 1.82) is 0 Å². The number of rotatable bonds is 5. The lowest BCUT2D eigenvalue weighted by Crippen LogP contribution is -2.32. The number of anilines is 1. The highest BCUT2D eigenvalue weighted by molar-refractivity contribution is 5.93. The number of carbonyl (C=O) groups excluding carboxylic acids is 1. The van der Waals surface area contributed by atoms with Gasteiger partial charge in [0.15, 0.2) is 0 Å². The van der Waals surface area contributed by atoms with Crippen LogP contribution in [0.1, 0.15) is 30.1 Å². The van der Waals surface area contributed by atoms with E-state index in [1.165, 1.54) is 12.1 Å². The number of hydrogen-bond acceptors (Lipinski definition) is 2. The summed E-state index contributed by atoms with van der Waals surface area (Å²) in [5.41, 5.74) is 0.646. The molecule has 0 bridgehead atoms. The van der Waals surface area contributed by atoms with Crippen LogP contribution in [0.4, 0.5) is 10.5 Å². The molecule has 0 atom stereocenters. The van der Waals surface area contributed by atoms with Gasteiger partial charge in [-0.1, -0.05) is 19.4 Å². The molecular weight excluding hydrogens is 232 g/mol. The summed E-state index contributed by atoms with van der Waals surface area (Å²) in [5, 5.41) is 11.5. The summed E-state index contributed by atoms with van der Waals surface area (Å²) in [5.74, 6) is -1.01. The van der Waals surface area contributed by atoms with Gasteiger partial charge in [-0.15, -0.1) is 0 Å². The van der Waals surface area contributed by atoms with Crippen LogP contribution in [0, 0.1) is 0 Å². The van der Waals surface area contributed by atoms with Gasteiger partial charge in [-0.25, -0.2) is 9.59 Å². The van der Waals surface area contributed by atoms with Crippen LogP contribution in [-0.4, -0.2) is 35.6 Å². The smallest absolute Gasteiger partial charge is 0.335 e. The molecule has 0 heterocycles. The van der Waals surface area contributed by atoms with E-state index in [2.05, 4.69) is 12.2 Å². The maximum absolute atomic E-state index is 11.8. The van der Waals surface area contributed by atoms with Crippen LogP contribution in [0.5, 0.6) is 0 Å². The lowest BCUT2D eigenvalue weighted by Gasteiger charge is -2.17. The van der Waals surface area contributed by atoms with Gasteiger partial charge in [0.2, 0.25) is 0 Å². The lowest BCUT2D eigenvalue weighted by molar-refractivity contribution is 0.0697. The molecule has 0 aliphatic heterocycles. The second-order valence-electron chi connectivity index (χ2n) is 4.09. The monoisotopic (exact) mass is 250 g/mol. The molecule has 0 unspecified atom stereocenters. The van der Waals surface area contributed by atoms with Gasteiger partial charge in [-0.05, 0) is 24.6 Å². The van der Waals surface area contributed by atoms with Crippen molar-refractivity contribution in [3.8, 4) is 0 Å². The van der Waals surface area contributed by atoms with Crippen LogP contribution in [0.2, 0.25) is 0 Å². The van der Waals surface area contributed by atoms with Crippen molar-refractivity contribution in [1.82, 2.24) is 4.90 Å². The minimum atomic E-state index is -1.01. The van der Waals surface area contributed by atoms with Gasteiger partial charge < -0.3 is 15.3 Å². The van der Waals surface area contributed by atoms with Crippen molar-refractivity contribution in [3.05, 3.63) is 29.8 Å². The van der Waals surface area contributed by atoms with Crippen LogP contribution < -0.4 is 5.32 Å². The summed E-state index contributed by atoms with van der Waals surface area (Å²) >= 11 is 0. The van der Waals surface area contributed by atoms with Crippen molar-refractivity contribution in [3.63, 3.8) is 0 Å². The van der Waals surface area contributed by atoms with E-state index in [4.69, 9.17) is 5.11 Å². The Labute approximate surface area is 106 Å². The number of hydrogen-bond donors (Lipinski definition) is 2. The molecule has 1 aromatic rings. The summed E-state index contributed by atoms with van der Waals surface area (Å²) < 4.78 is 0. The summed E-state index contributed by atoms with van der Waals surface area (Å²) in [7, 11) is 1.71. The van der Waals surface area contributed by atoms with E-state index in [1.807, 2.05) is 0 Å². The Morgan fingerprint density at radius 1 is 1.39 bits per heavy atom. The van der Waals surface area contributed by atoms with Crippen LogP contribution in [0.3, 0.4) is 0 Å². The van der Waals surface area contributed by atoms with Crippen molar-refractivity contribution in [2.45, 2.75) is 19.8 Å². The number of aromatic carboxylic acids is 1. The molecule has 0 radical (unpaired) electrons. The Kier molecular flexibility index (Phi) is 5.17. The number of nitrogens with zero attached hydrogens (tertiary/aromatic N) is 1. The molecule has 2 N–H and O–H groups in total. The summed E-state index contributed by atoms with van der Waals surface area (Å²) in [6.07, 6.45) is 1.96. The predicted molar refractivity (Wildman–Crippen MR) is 70.0 cm³/mol. The van der Waals surface area contributed by atoms with Crippen molar-refractivity contribution < 1.29 is 14.7 Å². The van der Waals surface area contributed by atoms with Gasteiger partial charge in [-0.3, -0.25) is 0 Å². The van der Waals surface area contributed by atoms with Crippen LogP contribution in [0.15, 0.2) is 24.3 Å². The molecule has 0 aliphatic rings. The molecule has 0 aromatic heterocycles. The van der Waals surface area contributed by atoms with Gasteiger partial charge >= 0.3 is 12.0 Å². The second-order valence-corrected chi connectivity index (χ2v) is 4.09. The Balaban J connectivity index is 2.64. The molecule has 0 fully saturated rings. The largest absolute Gasteiger partial charge is 0.478 e. The number of urea groups is 1. The zero-order valence-electron chi connectivity index (χ0n) is 10.6. The van der Waals surface area contributed by atoms with Crippen LogP contribution in [-0.2, 0) is 0 Å². The van der Waals surface area contributed by atoms with E-state index >= 15 is 0 Å². The van der Waals surface area contributed by atoms with Crippen molar-refractivity contribution >= 4 is 17.7 Å². The summed E-state index contributed by atoms with van der Waals surface area (Å²) in [6.45, 7) is 2.74. The highest BCUT2D eigenvalue weighted by Crippen LogP contribution is 2.11. The third-order valence-corrected chi connectivity index (χ3v) is 2.55. The van der Waals surface area contributed by atoms with Crippen molar-refractivity contribution in [2.24, 2.45) is 0 Å². The minimum absolute atomic E-state index is 0.156. The SMILES string of the molecule is CCCCN(C)C(=O)Nc1cccc(C(=O)O)c1. The number of unbranched alkanes of at least 4 members (excludes halogenated alkanes) is 1. The first-order valence-electron chi connectivity index (χ1n) is 5.90. The van der Waals surface area contributed by atoms with Gasteiger partial charge in [-0.2, -0.15) is 0 Å². The van der Waals surface area contributed by atoms with E-state index < -0.39 is 5.97 Å². The first-order chi connectivity index (χ1) is 8.54. The molecule has 2 amide bonds. The third kappa shape index (κ3) is 4.08. The van der Waals surface area contributed by atoms with Crippen LogP contribution in [0.25, 0.3) is 0 Å². The van der Waals surface area contributed by atoms with E-state index in [0.29, 0.717) is 12.2 Å². The maximum Gasteiger partial charge on any atom is 0.335 e. The number of carbonyl (C=O) groups is 2. The fourth-order valence-corrected chi connectivity index (χ4v) is 1.45. The Morgan fingerprint density at radius 2 is 2.11 bits per heavy atom. The van der Waals surface area contributed by atoms with E-state index in [9.17, 15) is 9.59 Å². The fourth-order valence-electron chi connectivity index (χ4n) is 1.45. The maximum atomic E-state index is 11.8. The van der Waals surface area contributed by atoms with Gasteiger partial charge in [0.1, 0.15) is 0 Å². The average Bonchev–Trinajstić information content (AvgIpc) is 2.36. The number of benzene rings is 1. The normalized spacial score (nSPS) is 9.89. The van der Waals surface area contributed by atoms with E-state index in [1.54, 1.807) is 24.1 Å². The second kappa shape index (κ2) is 6.64. The molecule has 0 saturated heterocycles. The Bertz CT molecular complexity index is 432. The molecule has 0 spiro atoms. The lowest BCUT2D eigenvalue weighted by atomic mass is 10.2. The van der Waals surface area contributed by atoms with Gasteiger partial charge in [0, 0.05) is 19.3 Å². The topological polar surface area (TPSA) is 69.6 Å². The number of amides is 2. The number of carboxylic acid groups (broad SMARTS) is 1. The molecule has 1 rings (SSSR count). The highest BCUT2D eigenvalue weighted by Gasteiger charge is 2.09. The molecule has 0 saturated carbocycles. The van der Waals surface area contributed by atoms with Gasteiger partial charge in [0.25, 0.3) is 0 Å². The third-order valence-electron chi connectivity index (χ3n) is 2.55. The highest BCUT2D eigenvalue weighted by atomic mass is 16.4. The average molecular weight is 250 g/mol. The molecular formula is C13H18N2O3. The van der Waals surface area contributed by atoms with E-state index in [-0.39, 0.29) is 11.6 Å². The minimum Gasteiger partial charge on any atom is -0.478 e. The Hall–Kier alpha value is -2.04. The summed E-state index contributed by atoms with van der Waals surface area (Å²) in [4.78, 5) is 24.1. The fraction of sp³-hybridized carbons (Fsp3) is 0.385. The van der Waals surface area contributed by atoms with Gasteiger partial charge in [0.05, 0.1) is 5.56 Å². The number of nitrogens with one attached hydrogen (secondary N) is 1. The predicted octanol–water partition coefficient (Wildman–Crippen LogP) is 2.65. The Morgan fingerprint density at radius 3 is 2.72 bits per heavy atom. The standard InChI is InChI=1S/C13H18N2O3/c1-3-4-8-15(2)13(18)14-11-7-5-6-10(9-11)12(16)17/h5-7,9H,3-4,8H2,1-2H3,(H,14,18)(H,16,17). The molecule has 1 aromatic carbocycles. The van der Waals surface area contributed by atoms with Crippen LogP contribution >= 0.6 is 0 Å². The molecule has 98 valence electrons. The zero-order valence-corrected chi connectivity index (χ0v) is 10.6. The van der Waals surface area contributed by atoms with E-state index in [0.717, 1.165) is 12.8 Å². The first kappa shape index (κ1) is 14.0. The molecule has 5 nitrogen and oxygen atoms in total. The molecule has 0 aliphatic carbocycles. The van der Waals surface area contributed by atoms with Crippen molar-refractivity contribution in [2.75, 3.05) is 18.9 Å². The quantitative estimate of drug-likeness (QED) is 0.844. The first-order valence-corrected chi connectivity index (χ1v) is 5.90. The number of carboxylic acids is 1. The zero-order chi connectivity index (χ0) is 13.5.